The van der Waals surface area contributed by atoms with E-state index in [4.69, 9.17) is 5.73 Å². The lowest BCUT2D eigenvalue weighted by Gasteiger charge is -2.17. The van der Waals surface area contributed by atoms with Crippen LogP contribution < -0.4 is 11.1 Å². The maximum absolute atomic E-state index is 11.7. The average Bonchev–Trinajstić information content (AvgIpc) is 2.71. The van der Waals surface area contributed by atoms with Gasteiger partial charge in [0.2, 0.25) is 11.8 Å². The number of aromatic nitrogens is 3. The zero-order chi connectivity index (χ0) is 12.7. The van der Waals surface area contributed by atoms with Gasteiger partial charge in [-0.05, 0) is 12.5 Å². The van der Waals surface area contributed by atoms with Crippen molar-refractivity contribution in [1.82, 2.24) is 19.9 Å². The Kier molecular flexibility index (Phi) is 2.26. The predicted octanol–water partition coefficient (Wildman–Crippen LogP) is -0.168. The highest BCUT2D eigenvalue weighted by Gasteiger charge is 2.31. The lowest BCUT2D eigenvalue weighted by molar-refractivity contribution is -0.134. The molecule has 3 heterocycles. The second kappa shape index (κ2) is 3.80. The third kappa shape index (κ3) is 1.69. The molecular formula is C11H11N5O2. The van der Waals surface area contributed by atoms with E-state index in [2.05, 4.69) is 15.4 Å². The van der Waals surface area contributed by atoms with Gasteiger partial charge in [-0.15, -0.1) is 0 Å². The molecule has 0 spiro atoms. The highest BCUT2D eigenvalue weighted by molar-refractivity contribution is 6.00. The molecule has 1 unspecified atom stereocenters. The van der Waals surface area contributed by atoms with Gasteiger partial charge >= 0.3 is 0 Å². The normalized spacial score (nSPS) is 20.1. The molecule has 1 fully saturated rings. The van der Waals surface area contributed by atoms with Gasteiger partial charge in [-0.2, -0.15) is 5.10 Å². The van der Waals surface area contributed by atoms with Gasteiger partial charge in [-0.1, -0.05) is 0 Å². The van der Waals surface area contributed by atoms with Crippen molar-refractivity contribution in [3.63, 3.8) is 0 Å². The van der Waals surface area contributed by atoms with Gasteiger partial charge in [-0.25, -0.2) is 9.50 Å². The molecule has 7 nitrogen and oxygen atoms in total. The van der Waals surface area contributed by atoms with Crippen LogP contribution in [0.1, 0.15) is 24.6 Å². The minimum atomic E-state index is -0.469. The molecule has 1 saturated heterocycles. The van der Waals surface area contributed by atoms with E-state index in [0.717, 1.165) is 0 Å². The first-order valence-electron chi connectivity index (χ1n) is 5.59. The zero-order valence-corrected chi connectivity index (χ0v) is 9.46. The Hall–Kier alpha value is -2.44. The fourth-order valence-electron chi connectivity index (χ4n) is 2.00. The summed E-state index contributed by atoms with van der Waals surface area (Å²) in [6.07, 6.45) is 2.44. The smallest absolute Gasteiger partial charge is 0.237 e. The van der Waals surface area contributed by atoms with E-state index in [9.17, 15) is 9.59 Å². The Morgan fingerprint density at radius 3 is 3.06 bits per heavy atom. The summed E-state index contributed by atoms with van der Waals surface area (Å²) < 4.78 is 1.56. The van der Waals surface area contributed by atoms with Crippen molar-refractivity contribution < 1.29 is 9.59 Å². The molecule has 1 aliphatic rings. The molecule has 92 valence electrons. The summed E-state index contributed by atoms with van der Waals surface area (Å²) in [5, 5.41) is 6.52. The lowest BCUT2D eigenvalue weighted by atomic mass is 9.98. The first kappa shape index (κ1) is 10.7. The largest absolute Gasteiger partial charge is 0.399 e. The molecule has 1 atom stereocenters. The Morgan fingerprint density at radius 2 is 2.28 bits per heavy atom. The number of carbonyl (C=O) groups excluding carboxylic acids is 2. The number of pyridine rings is 1. The highest BCUT2D eigenvalue weighted by Crippen LogP contribution is 2.22. The van der Waals surface area contributed by atoms with Gasteiger partial charge in [0.25, 0.3) is 0 Å². The number of carbonyl (C=O) groups is 2. The number of nitrogens with one attached hydrogen (secondary N) is 1. The van der Waals surface area contributed by atoms with Crippen LogP contribution in [0.15, 0.2) is 18.3 Å². The zero-order valence-electron chi connectivity index (χ0n) is 9.46. The van der Waals surface area contributed by atoms with Gasteiger partial charge in [-0.3, -0.25) is 14.9 Å². The molecule has 2 aromatic heterocycles. The van der Waals surface area contributed by atoms with Gasteiger partial charge in [0.05, 0.1) is 0 Å². The van der Waals surface area contributed by atoms with Crippen LogP contribution in [0.25, 0.3) is 5.65 Å². The molecule has 0 saturated carbocycles. The van der Waals surface area contributed by atoms with Gasteiger partial charge < -0.3 is 5.73 Å². The molecule has 2 amide bonds. The number of nitrogen functional groups attached to an aromatic ring is 1. The van der Waals surface area contributed by atoms with Crippen molar-refractivity contribution in [1.29, 1.82) is 0 Å². The summed E-state index contributed by atoms with van der Waals surface area (Å²) in [5.74, 6) is -0.631. The van der Waals surface area contributed by atoms with E-state index < -0.39 is 5.92 Å². The van der Waals surface area contributed by atoms with Crippen molar-refractivity contribution in [2.75, 3.05) is 5.73 Å². The van der Waals surface area contributed by atoms with Gasteiger partial charge in [0, 0.05) is 24.4 Å². The molecule has 0 aliphatic carbocycles. The number of anilines is 1. The third-order valence-electron chi connectivity index (χ3n) is 2.93. The molecule has 18 heavy (non-hydrogen) atoms. The van der Waals surface area contributed by atoms with E-state index in [0.29, 0.717) is 30.0 Å². The summed E-state index contributed by atoms with van der Waals surface area (Å²) >= 11 is 0. The molecular weight excluding hydrogens is 234 g/mol. The summed E-state index contributed by atoms with van der Waals surface area (Å²) in [7, 11) is 0. The van der Waals surface area contributed by atoms with E-state index >= 15 is 0 Å². The van der Waals surface area contributed by atoms with Crippen LogP contribution in [-0.2, 0) is 9.59 Å². The standard InChI is InChI=1S/C11H11N5O2/c12-6-3-4-16-8(5-6)13-10(15-16)7-1-2-9(17)14-11(7)18/h3-5,7H,1-2,12H2,(H,14,17,18). The number of nitrogens with zero attached hydrogens (tertiary/aromatic N) is 3. The van der Waals surface area contributed by atoms with E-state index in [1.807, 2.05) is 0 Å². The topological polar surface area (TPSA) is 102 Å². The molecule has 0 aromatic carbocycles. The average molecular weight is 245 g/mol. The number of rotatable bonds is 1. The number of amides is 2. The summed E-state index contributed by atoms with van der Waals surface area (Å²) in [5.41, 5.74) is 6.83. The predicted molar refractivity (Wildman–Crippen MR) is 62.5 cm³/mol. The Morgan fingerprint density at radius 1 is 1.44 bits per heavy atom. The fraction of sp³-hybridized carbons (Fsp3) is 0.273. The molecule has 0 radical (unpaired) electrons. The van der Waals surface area contributed by atoms with Crippen molar-refractivity contribution in [3.8, 4) is 0 Å². The number of piperidine rings is 1. The second-order valence-electron chi connectivity index (χ2n) is 4.24. The van der Waals surface area contributed by atoms with Crippen molar-refractivity contribution in [2.24, 2.45) is 0 Å². The van der Waals surface area contributed by atoms with E-state index in [1.54, 1.807) is 22.8 Å². The number of fused-ring (bicyclic) bond motifs is 1. The minimum absolute atomic E-state index is 0.246. The van der Waals surface area contributed by atoms with Crippen LogP contribution in [0.4, 0.5) is 5.69 Å². The molecule has 7 heteroatoms. The maximum atomic E-state index is 11.7. The fourth-order valence-corrected chi connectivity index (χ4v) is 2.00. The molecule has 3 N–H and O–H groups in total. The number of hydrogen-bond acceptors (Lipinski definition) is 5. The van der Waals surface area contributed by atoms with Crippen LogP contribution in [0.5, 0.6) is 0 Å². The second-order valence-corrected chi connectivity index (χ2v) is 4.24. The monoisotopic (exact) mass is 245 g/mol. The number of imide groups is 1. The summed E-state index contributed by atoms with van der Waals surface area (Å²) in [6.45, 7) is 0. The molecule has 1 aliphatic heterocycles. The first-order valence-corrected chi connectivity index (χ1v) is 5.59. The number of hydrogen-bond donors (Lipinski definition) is 2. The first-order chi connectivity index (χ1) is 8.63. The van der Waals surface area contributed by atoms with E-state index in [1.165, 1.54) is 0 Å². The maximum Gasteiger partial charge on any atom is 0.237 e. The van der Waals surface area contributed by atoms with Crippen LogP contribution >= 0.6 is 0 Å². The van der Waals surface area contributed by atoms with Crippen LogP contribution in [-0.4, -0.2) is 26.4 Å². The Balaban J connectivity index is 1.99. The van der Waals surface area contributed by atoms with Crippen LogP contribution in [0.2, 0.25) is 0 Å². The summed E-state index contributed by atoms with van der Waals surface area (Å²) in [4.78, 5) is 27.0. The highest BCUT2D eigenvalue weighted by atomic mass is 16.2. The number of nitrogens with two attached hydrogens (primary N) is 1. The van der Waals surface area contributed by atoms with Gasteiger partial charge in [0.1, 0.15) is 5.92 Å². The van der Waals surface area contributed by atoms with E-state index in [-0.39, 0.29) is 11.8 Å². The van der Waals surface area contributed by atoms with Crippen LogP contribution in [0, 0.1) is 0 Å². The molecule has 2 aromatic rings. The van der Waals surface area contributed by atoms with Gasteiger partial charge in [0.15, 0.2) is 11.5 Å². The lowest BCUT2D eigenvalue weighted by Crippen LogP contribution is -2.39. The van der Waals surface area contributed by atoms with Crippen molar-refractivity contribution in [2.45, 2.75) is 18.8 Å². The Labute approximate surface area is 102 Å². The quantitative estimate of drug-likeness (QED) is 0.679. The molecule has 0 bridgehead atoms. The molecule has 3 rings (SSSR count). The third-order valence-corrected chi connectivity index (χ3v) is 2.93. The van der Waals surface area contributed by atoms with Crippen LogP contribution in [0.3, 0.4) is 0 Å². The SMILES string of the molecule is Nc1ccn2nc(C3CCC(=O)NC3=O)nc2c1. The van der Waals surface area contributed by atoms with Crippen molar-refractivity contribution in [3.05, 3.63) is 24.2 Å². The minimum Gasteiger partial charge on any atom is -0.399 e. The summed E-state index contributed by atoms with van der Waals surface area (Å²) in [6, 6.07) is 3.39. The van der Waals surface area contributed by atoms with Crippen molar-refractivity contribution >= 4 is 23.1 Å². The Bertz CT molecular complexity index is 648.